The van der Waals surface area contributed by atoms with Gasteiger partial charge in [0, 0.05) is 22.9 Å². The van der Waals surface area contributed by atoms with Gasteiger partial charge in [-0.3, -0.25) is 4.68 Å². The lowest BCUT2D eigenvalue weighted by Crippen LogP contribution is -2.29. The van der Waals surface area contributed by atoms with E-state index in [9.17, 15) is 0 Å². The van der Waals surface area contributed by atoms with Crippen LogP contribution in [-0.4, -0.2) is 22.1 Å². The highest BCUT2D eigenvalue weighted by molar-refractivity contribution is 8.00. The number of fused-ring (bicyclic) bond motifs is 1. The number of thioether (sulfide) groups is 1. The smallest absolute Gasteiger partial charge is 0.0616 e. The standard InChI is InChI=1S/C16H21N3S/c1-3-10-19-13(8-9-18-19)16(17-2)15-11-12-6-4-5-7-14(12)20-15/h4-9,15-17H,3,10-11H2,1-2H3. The van der Waals surface area contributed by atoms with E-state index in [4.69, 9.17) is 0 Å². The number of nitrogens with one attached hydrogen (secondary N) is 1. The second-order valence-electron chi connectivity index (χ2n) is 5.21. The second kappa shape index (κ2) is 6.02. The molecule has 2 atom stereocenters. The van der Waals surface area contributed by atoms with Crippen molar-refractivity contribution in [3.05, 3.63) is 47.8 Å². The van der Waals surface area contributed by atoms with Gasteiger partial charge in [-0.2, -0.15) is 5.10 Å². The molecule has 2 aromatic rings. The molecule has 0 saturated heterocycles. The minimum atomic E-state index is 0.349. The van der Waals surface area contributed by atoms with Gasteiger partial charge in [0.1, 0.15) is 0 Å². The van der Waals surface area contributed by atoms with Gasteiger partial charge >= 0.3 is 0 Å². The number of aryl methyl sites for hydroxylation is 1. The fourth-order valence-corrected chi connectivity index (χ4v) is 4.39. The third-order valence-corrected chi connectivity index (χ3v) is 5.25. The number of hydrogen-bond acceptors (Lipinski definition) is 3. The molecule has 1 aromatic heterocycles. The first-order valence-electron chi connectivity index (χ1n) is 7.27. The molecule has 0 aliphatic carbocycles. The number of nitrogens with zero attached hydrogens (tertiary/aromatic N) is 2. The van der Waals surface area contributed by atoms with Crippen LogP contribution in [0.1, 0.15) is 30.6 Å². The summed E-state index contributed by atoms with van der Waals surface area (Å²) in [5, 5.41) is 8.51. The van der Waals surface area contributed by atoms with Crippen molar-refractivity contribution in [2.75, 3.05) is 7.05 Å². The fourth-order valence-electron chi connectivity index (χ4n) is 2.92. The van der Waals surface area contributed by atoms with Crippen molar-refractivity contribution in [3.63, 3.8) is 0 Å². The van der Waals surface area contributed by atoms with Gasteiger partial charge in [-0.1, -0.05) is 25.1 Å². The lowest BCUT2D eigenvalue weighted by atomic mass is 10.0. The summed E-state index contributed by atoms with van der Waals surface area (Å²) < 4.78 is 2.14. The zero-order valence-corrected chi connectivity index (χ0v) is 12.9. The van der Waals surface area contributed by atoms with Gasteiger partial charge in [-0.15, -0.1) is 11.8 Å². The van der Waals surface area contributed by atoms with Crippen LogP contribution in [0.15, 0.2) is 41.4 Å². The minimum absolute atomic E-state index is 0.349. The van der Waals surface area contributed by atoms with Crippen molar-refractivity contribution in [1.29, 1.82) is 0 Å². The maximum Gasteiger partial charge on any atom is 0.0616 e. The van der Waals surface area contributed by atoms with Crippen molar-refractivity contribution >= 4 is 11.8 Å². The van der Waals surface area contributed by atoms with Crippen LogP contribution in [0.4, 0.5) is 0 Å². The maximum atomic E-state index is 4.46. The van der Waals surface area contributed by atoms with Crippen LogP contribution in [0.2, 0.25) is 0 Å². The predicted octanol–water partition coefficient (Wildman–Crippen LogP) is 3.27. The van der Waals surface area contributed by atoms with Crippen molar-refractivity contribution in [3.8, 4) is 0 Å². The Bertz CT molecular complexity index is 554. The molecule has 0 saturated carbocycles. The highest BCUT2D eigenvalue weighted by Gasteiger charge is 2.31. The normalized spacial score (nSPS) is 19.0. The van der Waals surface area contributed by atoms with Gasteiger partial charge in [0.15, 0.2) is 0 Å². The van der Waals surface area contributed by atoms with Gasteiger partial charge < -0.3 is 5.32 Å². The van der Waals surface area contributed by atoms with E-state index < -0.39 is 0 Å². The van der Waals surface area contributed by atoms with E-state index in [1.165, 1.54) is 16.2 Å². The minimum Gasteiger partial charge on any atom is -0.311 e. The molecule has 0 fully saturated rings. The maximum absolute atomic E-state index is 4.46. The first kappa shape index (κ1) is 13.7. The average molecular weight is 287 g/mol. The summed E-state index contributed by atoms with van der Waals surface area (Å²) in [7, 11) is 2.05. The lowest BCUT2D eigenvalue weighted by molar-refractivity contribution is 0.487. The van der Waals surface area contributed by atoms with Gasteiger partial charge in [0.05, 0.1) is 11.7 Å². The van der Waals surface area contributed by atoms with Gasteiger partial charge in [-0.05, 0) is 37.6 Å². The average Bonchev–Trinajstić information content (AvgIpc) is 3.07. The molecule has 20 heavy (non-hydrogen) atoms. The number of benzene rings is 1. The van der Waals surface area contributed by atoms with Crippen molar-refractivity contribution in [2.24, 2.45) is 0 Å². The van der Waals surface area contributed by atoms with Crippen LogP contribution < -0.4 is 5.32 Å². The molecule has 0 spiro atoms. The highest BCUT2D eigenvalue weighted by Crippen LogP contribution is 2.42. The molecule has 1 aliphatic heterocycles. The molecular weight excluding hydrogens is 266 g/mol. The third-order valence-electron chi connectivity index (χ3n) is 3.86. The summed E-state index contributed by atoms with van der Waals surface area (Å²) in [6, 6.07) is 11.2. The SMILES string of the molecule is CCCn1nccc1C(NC)C1Cc2ccccc2S1. The summed E-state index contributed by atoms with van der Waals surface area (Å²) in [5.74, 6) is 0. The molecule has 2 heterocycles. The molecule has 0 radical (unpaired) electrons. The van der Waals surface area contributed by atoms with E-state index in [0.29, 0.717) is 11.3 Å². The first-order valence-corrected chi connectivity index (χ1v) is 8.15. The van der Waals surface area contributed by atoms with Crippen LogP contribution in [0, 0.1) is 0 Å². The van der Waals surface area contributed by atoms with Crippen molar-refractivity contribution in [1.82, 2.24) is 15.1 Å². The molecule has 106 valence electrons. The third kappa shape index (κ3) is 2.50. The van der Waals surface area contributed by atoms with Crippen LogP contribution >= 0.6 is 11.8 Å². The molecule has 1 aliphatic rings. The predicted molar refractivity (Wildman–Crippen MR) is 84.1 cm³/mol. The summed E-state index contributed by atoms with van der Waals surface area (Å²) in [6.45, 7) is 3.19. The summed E-state index contributed by atoms with van der Waals surface area (Å²) >= 11 is 1.99. The van der Waals surface area contributed by atoms with Crippen molar-refractivity contribution in [2.45, 2.75) is 42.5 Å². The Morgan fingerprint density at radius 3 is 3.00 bits per heavy atom. The van der Waals surface area contributed by atoms with E-state index in [2.05, 4.69) is 59.4 Å². The summed E-state index contributed by atoms with van der Waals surface area (Å²) in [5.41, 5.74) is 2.78. The Hall–Kier alpha value is -1.26. The van der Waals surface area contributed by atoms with Crippen LogP contribution in [0.25, 0.3) is 0 Å². The Balaban J connectivity index is 1.83. The molecule has 0 bridgehead atoms. The fraction of sp³-hybridized carbons (Fsp3) is 0.438. The van der Waals surface area contributed by atoms with Gasteiger partial charge in [-0.25, -0.2) is 0 Å². The molecule has 3 rings (SSSR count). The zero-order chi connectivity index (χ0) is 13.9. The van der Waals surface area contributed by atoms with Crippen molar-refractivity contribution < 1.29 is 0 Å². The molecular formula is C16H21N3S. The Labute approximate surface area is 124 Å². The lowest BCUT2D eigenvalue weighted by Gasteiger charge is -2.23. The largest absolute Gasteiger partial charge is 0.311 e. The van der Waals surface area contributed by atoms with E-state index in [1.54, 1.807) is 0 Å². The summed E-state index contributed by atoms with van der Waals surface area (Å²) in [4.78, 5) is 1.43. The zero-order valence-electron chi connectivity index (χ0n) is 12.0. The molecule has 0 amide bonds. The molecule has 1 N–H and O–H groups in total. The molecule has 3 nitrogen and oxygen atoms in total. The van der Waals surface area contributed by atoms with E-state index in [-0.39, 0.29) is 0 Å². The Morgan fingerprint density at radius 1 is 1.40 bits per heavy atom. The quantitative estimate of drug-likeness (QED) is 0.915. The second-order valence-corrected chi connectivity index (χ2v) is 6.49. The topological polar surface area (TPSA) is 29.9 Å². The number of aromatic nitrogens is 2. The van der Waals surface area contributed by atoms with Crippen LogP contribution in [0.5, 0.6) is 0 Å². The first-order chi connectivity index (χ1) is 9.83. The van der Waals surface area contributed by atoms with Crippen LogP contribution in [0.3, 0.4) is 0 Å². The highest BCUT2D eigenvalue weighted by atomic mass is 32.2. The van der Waals surface area contributed by atoms with Gasteiger partial charge in [0.25, 0.3) is 0 Å². The number of rotatable bonds is 5. The van der Waals surface area contributed by atoms with E-state index in [0.717, 1.165) is 19.4 Å². The van der Waals surface area contributed by atoms with E-state index >= 15 is 0 Å². The van der Waals surface area contributed by atoms with Gasteiger partial charge in [0.2, 0.25) is 0 Å². The van der Waals surface area contributed by atoms with Crippen LogP contribution in [-0.2, 0) is 13.0 Å². The monoisotopic (exact) mass is 287 g/mol. The molecule has 2 unspecified atom stereocenters. The Morgan fingerprint density at radius 2 is 2.25 bits per heavy atom. The molecule has 1 aromatic carbocycles. The summed E-state index contributed by atoms with van der Waals surface area (Å²) in [6.07, 6.45) is 4.16. The van der Waals surface area contributed by atoms with E-state index in [1.807, 2.05) is 18.0 Å². The Kier molecular flexibility index (Phi) is 4.13. The molecule has 4 heteroatoms. The number of hydrogen-bond donors (Lipinski definition) is 1.